The van der Waals surface area contributed by atoms with E-state index in [4.69, 9.17) is 16.3 Å². The summed E-state index contributed by atoms with van der Waals surface area (Å²) in [6.45, 7) is 6.71. The molecule has 2 aromatic carbocycles. The molecular formula is C24H29ClN2O2. The fourth-order valence-electron chi connectivity index (χ4n) is 4.50. The summed E-state index contributed by atoms with van der Waals surface area (Å²) in [5.41, 5.74) is 1.90. The van der Waals surface area contributed by atoms with Crippen molar-refractivity contribution in [3.05, 3.63) is 64.7 Å². The first-order valence-electron chi connectivity index (χ1n) is 10.5. The molecule has 1 N–H and O–H groups in total. The van der Waals surface area contributed by atoms with E-state index in [2.05, 4.69) is 36.2 Å². The summed E-state index contributed by atoms with van der Waals surface area (Å²) in [4.78, 5) is 15.5. The predicted molar refractivity (Wildman–Crippen MR) is 116 cm³/mol. The van der Waals surface area contributed by atoms with Gasteiger partial charge < -0.3 is 10.1 Å². The molecule has 0 aliphatic carbocycles. The molecule has 2 aliphatic heterocycles. The molecule has 0 spiro atoms. The lowest BCUT2D eigenvalue weighted by Gasteiger charge is -2.39. The Morgan fingerprint density at radius 1 is 1.21 bits per heavy atom. The predicted octanol–water partition coefficient (Wildman–Crippen LogP) is 4.97. The van der Waals surface area contributed by atoms with E-state index in [0.717, 1.165) is 60.8 Å². The molecule has 4 nitrogen and oxygen atoms in total. The first-order chi connectivity index (χ1) is 13.9. The summed E-state index contributed by atoms with van der Waals surface area (Å²) >= 11 is 6.33. The van der Waals surface area contributed by atoms with Crippen molar-refractivity contribution < 1.29 is 9.53 Å². The minimum atomic E-state index is -0.297. The Morgan fingerprint density at radius 3 is 2.79 bits per heavy atom. The van der Waals surface area contributed by atoms with Gasteiger partial charge >= 0.3 is 0 Å². The maximum atomic E-state index is 13.1. The Hall–Kier alpha value is -2.04. The minimum Gasteiger partial charge on any atom is -0.487 e. The summed E-state index contributed by atoms with van der Waals surface area (Å²) in [6, 6.07) is 16.0. The van der Waals surface area contributed by atoms with Crippen molar-refractivity contribution in [2.24, 2.45) is 5.92 Å². The van der Waals surface area contributed by atoms with Crippen LogP contribution in [0.4, 0.5) is 0 Å². The van der Waals surface area contributed by atoms with Crippen LogP contribution >= 0.6 is 11.6 Å². The summed E-state index contributed by atoms with van der Waals surface area (Å²) in [5.74, 6) is 1.02. The number of benzene rings is 2. The van der Waals surface area contributed by atoms with E-state index >= 15 is 0 Å². The molecule has 0 radical (unpaired) electrons. The monoisotopic (exact) mass is 412 g/mol. The molecule has 2 atom stereocenters. The Morgan fingerprint density at radius 2 is 1.97 bits per heavy atom. The molecule has 154 valence electrons. The molecular weight excluding hydrogens is 384 g/mol. The topological polar surface area (TPSA) is 41.6 Å². The van der Waals surface area contributed by atoms with Crippen molar-refractivity contribution in [1.82, 2.24) is 10.2 Å². The largest absolute Gasteiger partial charge is 0.487 e. The van der Waals surface area contributed by atoms with Crippen LogP contribution in [0.3, 0.4) is 0 Å². The molecule has 0 saturated carbocycles. The second kappa shape index (κ2) is 8.37. The van der Waals surface area contributed by atoms with E-state index in [-0.39, 0.29) is 23.5 Å². The summed E-state index contributed by atoms with van der Waals surface area (Å²) in [5, 5.41) is 4.12. The van der Waals surface area contributed by atoms with Crippen molar-refractivity contribution >= 4 is 17.5 Å². The first-order valence-corrected chi connectivity index (χ1v) is 10.8. The number of hydrogen-bond acceptors (Lipinski definition) is 3. The number of rotatable bonds is 4. The van der Waals surface area contributed by atoms with Crippen molar-refractivity contribution in [1.29, 1.82) is 0 Å². The number of carbonyl (C=O) groups excluding carboxylic acids is 1. The van der Waals surface area contributed by atoms with E-state index < -0.39 is 0 Å². The second-order valence-electron chi connectivity index (χ2n) is 8.83. The normalized spacial score (nSPS) is 23.7. The van der Waals surface area contributed by atoms with Crippen LogP contribution in [0.1, 0.15) is 50.3 Å². The van der Waals surface area contributed by atoms with Crippen LogP contribution in [0.5, 0.6) is 5.75 Å². The molecule has 0 unspecified atom stereocenters. The fraction of sp³-hybridized carbons (Fsp3) is 0.458. The highest BCUT2D eigenvalue weighted by Crippen LogP contribution is 2.39. The summed E-state index contributed by atoms with van der Waals surface area (Å²) in [6.07, 6.45) is 2.73. The molecule has 5 heteroatoms. The Bertz CT molecular complexity index is 883. The van der Waals surface area contributed by atoms with Gasteiger partial charge in [0, 0.05) is 30.1 Å². The molecule has 1 amide bonds. The van der Waals surface area contributed by atoms with Gasteiger partial charge in [-0.2, -0.15) is 0 Å². The molecule has 0 aromatic heterocycles. The molecule has 2 heterocycles. The number of fused-ring (bicyclic) bond motifs is 1. The summed E-state index contributed by atoms with van der Waals surface area (Å²) in [7, 11) is 0. The molecule has 2 aromatic rings. The Kier molecular flexibility index (Phi) is 5.84. The van der Waals surface area contributed by atoms with Gasteiger partial charge in [-0.25, -0.2) is 0 Å². The van der Waals surface area contributed by atoms with Gasteiger partial charge in [0.2, 0.25) is 5.91 Å². The van der Waals surface area contributed by atoms with Crippen molar-refractivity contribution in [2.45, 2.75) is 51.3 Å². The Balaban J connectivity index is 1.42. The van der Waals surface area contributed by atoms with Gasteiger partial charge in [0.25, 0.3) is 0 Å². The van der Waals surface area contributed by atoms with Crippen LogP contribution in [0.25, 0.3) is 0 Å². The van der Waals surface area contributed by atoms with Crippen molar-refractivity contribution in [2.75, 3.05) is 13.1 Å². The number of para-hydroxylation sites is 1. The van der Waals surface area contributed by atoms with Gasteiger partial charge in [0.15, 0.2) is 0 Å². The second-order valence-corrected chi connectivity index (χ2v) is 9.24. The maximum Gasteiger partial charge on any atom is 0.224 e. The number of halogens is 1. The number of hydrogen-bond donors (Lipinski definition) is 1. The van der Waals surface area contributed by atoms with E-state index in [1.807, 2.05) is 36.4 Å². The number of likely N-dealkylation sites (tertiary alicyclic amines) is 1. The third kappa shape index (κ3) is 4.76. The van der Waals surface area contributed by atoms with E-state index in [9.17, 15) is 4.79 Å². The zero-order valence-corrected chi connectivity index (χ0v) is 17.9. The van der Waals surface area contributed by atoms with E-state index in [0.29, 0.717) is 0 Å². The quantitative estimate of drug-likeness (QED) is 0.770. The van der Waals surface area contributed by atoms with Crippen LogP contribution < -0.4 is 10.1 Å². The number of nitrogens with zero attached hydrogens (tertiary/aromatic N) is 1. The molecule has 1 fully saturated rings. The highest BCUT2D eigenvalue weighted by Gasteiger charge is 2.36. The fourth-order valence-corrected chi connectivity index (χ4v) is 4.70. The zero-order chi connectivity index (χ0) is 20.4. The number of amides is 1. The van der Waals surface area contributed by atoms with Gasteiger partial charge in [-0.05, 0) is 50.9 Å². The highest BCUT2D eigenvalue weighted by molar-refractivity contribution is 6.31. The molecule has 29 heavy (non-hydrogen) atoms. The van der Waals surface area contributed by atoms with Gasteiger partial charge in [-0.15, -0.1) is 0 Å². The number of carbonyl (C=O) groups is 1. The van der Waals surface area contributed by atoms with Crippen LogP contribution in [0, 0.1) is 5.92 Å². The van der Waals surface area contributed by atoms with Crippen LogP contribution in [0.15, 0.2) is 48.5 Å². The molecule has 4 rings (SSSR count). The SMILES string of the molecule is CC1(C)C[C@H](NC(=O)[C@@H]2CCCN(Cc3ccccc3Cl)C2)c2ccccc2O1. The first kappa shape index (κ1) is 20.2. The molecule has 2 aliphatic rings. The zero-order valence-electron chi connectivity index (χ0n) is 17.2. The number of nitrogens with one attached hydrogen (secondary N) is 1. The van der Waals surface area contributed by atoms with Crippen LogP contribution in [-0.2, 0) is 11.3 Å². The van der Waals surface area contributed by atoms with E-state index in [1.54, 1.807) is 0 Å². The molecule has 1 saturated heterocycles. The highest BCUT2D eigenvalue weighted by atomic mass is 35.5. The summed E-state index contributed by atoms with van der Waals surface area (Å²) < 4.78 is 6.10. The van der Waals surface area contributed by atoms with Gasteiger partial charge in [-0.1, -0.05) is 48.0 Å². The molecule has 0 bridgehead atoms. The third-order valence-electron chi connectivity index (χ3n) is 5.92. The average Bonchev–Trinajstić information content (AvgIpc) is 2.69. The minimum absolute atomic E-state index is 0.00403. The lowest BCUT2D eigenvalue weighted by atomic mass is 9.88. The smallest absolute Gasteiger partial charge is 0.224 e. The lowest BCUT2D eigenvalue weighted by molar-refractivity contribution is -0.128. The number of piperidine rings is 1. The van der Waals surface area contributed by atoms with Gasteiger partial charge in [0.05, 0.1) is 12.0 Å². The van der Waals surface area contributed by atoms with E-state index in [1.165, 1.54) is 0 Å². The maximum absolute atomic E-state index is 13.1. The van der Waals surface area contributed by atoms with Gasteiger partial charge in [0.1, 0.15) is 11.4 Å². The Labute approximate surface area is 178 Å². The lowest BCUT2D eigenvalue weighted by Crippen LogP contribution is -2.46. The van der Waals surface area contributed by atoms with Crippen molar-refractivity contribution in [3.8, 4) is 5.75 Å². The van der Waals surface area contributed by atoms with Crippen LogP contribution in [-0.4, -0.2) is 29.5 Å². The van der Waals surface area contributed by atoms with Crippen molar-refractivity contribution in [3.63, 3.8) is 0 Å². The van der Waals surface area contributed by atoms with Crippen LogP contribution in [0.2, 0.25) is 5.02 Å². The standard InChI is InChI=1S/C24H29ClN2O2/c1-24(2)14-21(19-10-4-6-12-22(19)29-24)26-23(28)18-9-7-13-27(16-18)15-17-8-3-5-11-20(17)25/h3-6,8,10-12,18,21H,7,9,13-16H2,1-2H3,(H,26,28)/t18-,21+/m1/s1. The number of ether oxygens (including phenoxy) is 1. The van der Waals surface area contributed by atoms with Gasteiger partial charge in [-0.3, -0.25) is 9.69 Å². The third-order valence-corrected chi connectivity index (χ3v) is 6.29. The average molecular weight is 413 g/mol.